The van der Waals surface area contributed by atoms with Crippen LogP contribution in [0.25, 0.3) is 0 Å². The van der Waals surface area contributed by atoms with Crippen molar-refractivity contribution in [3.63, 3.8) is 0 Å². The van der Waals surface area contributed by atoms with E-state index in [0.717, 1.165) is 25.9 Å². The van der Waals surface area contributed by atoms with E-state index >= 15 is 0 Å². The second-order valence-electron chi connectivity index (χ2n) is 8.18. The van der Waals surface area contributed by atoms with Gasteiger partial charge in [-0.1, -0.05) is 43.3 Å². The molecular weight excluding hydrogens is 332 g/mol. The van der Waals surface area contributed by atoms with Crippen LogP contribution in [0.5, 0.6) is 5.75 Å². The van der Waals surface area contributed by atoms with Crippen LogP contribution in [0.2, 0.25) is 0 Å². The summed E-state index contributed by atoms with van der Waals surface area (Å²) in [7, 11) is 0. The molecule has 1 atom stereocenters. The number of rotatable bonds is 7. The van der Waals surface area contributed by atoms with E-state index in [9.17, 15) is 5.11 Å². The number of benzene rings is 2. The fraction of sp³-hybridized carbons (Fsp3) is 0.500. The van der Waals surface area contributed by atoms with E-state index in [0.29, 0.717) is 11.8 Å². The lowest BCUT2D eigenvalue weighted by atomic mass is 9.86. The number of nitrogens with zero attached hydrogens (tertiary/aromatic N) is 2. The van der Waals surface area contributed by atoms with Crippen LogP contribution < -0.4 is 0 Å². The maximum absolute atomic E-state index is 10.1. The fourth-order valence-electron chi connectivity index (χ4n) is 4.90. The first-order valence-electron chi connectivity index (χ1n) is 10.6. The topological polar surface area (TPSA) is 26.7 Å². The quantitative estimate of drug-likeness (QED) is 0.790. The third-order valence-corrected chi connectivity index (χ3v) is 6.28. The van der Waals surface area contributed by atoms with Crippen molar-refractivity contribution in [3.8, 4) is 5.75 Å². The van der Waals surface area contributed by atoms with Gasteiger partial charge in [0.2, 0.25) is 0 Å². The van der Waals surface area contributed by atoms with Crippen molar-refractivity contribution in [1.29, 1.82) is 0 Å². The zero-order valence-corrected chi connectivity index (χ0v) is 16.5. The average molecular weight is 365 g/mol. The van der Waals surface area contributed by atoms with Crippen LogP contribution in [-0.4, -0.2) is 40.6 Å². The van der Waals surface area contributed by atoms with Crippen LogP contribution in [0.4, 0.5) is 0 Å². The molecule has 0 aromatic heterocycles. The lowest BCUT2D eigenvalue weighted by Crippen LogP contribution is -2.41. The zero-order chi connectivity index (χ0) is 18.6. The highest BCUT2D eigenvalue weighted by atomic mass is 16.3. The molecule has 1 aliphatic heterocycles. The smallest absolute Gasteiger partial charge is 0.119 e. The molecule has 0 bridgehead atoms. The summed E-state index contributed by atoms with van der Waals surface area (Å²) in [4.78, 5) is 5.29. The van der Waals surface area contributed by atoms with Crippen LogP contribution in [0.1, 0.15) is 48.4 Å². The first-order chi connectivity index (χ1) is 13.2. The Bertz CT molecular complexity index is 748. The van der Waals surface area contributed by atoms with Gasteiger partial charge in [0.05, 0.1) is 0 Å². The molecular formula is C24H32N2O. The molecule has 1 aliphatic carbocycles. The van der Waals surface area contributed by atoms with Crippen LogP contribution in [-0.2, 0) is 25.9 Å². The van der Waals surface area contributed by atoms with Gasteiger partial charge in [0.1, 0.15) is 5.75 Å². The Balaban J connectivity index is 1.31. The monoisotopic (exact) mass is 364 g/mol. The maximum atomic E-state index is 10.1. The summed E-state index contributed by atoms with van der Waals surface area (Å²) < 4.78 is 0. The molecule has 0 amide bonds. The van der Waals surface area contributed by atoms with E-state index in [1.54, 1.807) is 0 Å². The normalized spacial score (nSPS) is 19.3. The number of aromatic hydroxyl groups is 1. The van der Waals surface area contributed by atoms with Gasteiger partial charge in [-0.05, 0) is 73.5 Å². The van der Waals surface area contributed by atoms with Crippen molar-refractivity contribution in [2.24, 2.45) is 0 Å². The lowest BCUT2D eigenvalue weighted by Gasteiger charge is -2.35. The Labute approximate surface area is 163 Å². The number of fused-ring (bicyclic) bond motifs is 2. The Morgan fingerprint density at radius 2 is 1.74 bits per heavy atom. The Hall–Kier alpha value is -1.84. The van der Waals surface area contributed by atoms with Crippen molar-refractivity contribution >= 4 is 0 Å². The first-order valence-corrected chi connectivity index (χ1v) is 10.6. The summed E-state index contributed by atoms with van der Waals surface area (Å²) in [5.74, 6) is 0.488. The molecule has 2 aromatic carbocycles. The van der Waals surface area contributed by atoms with Crippen molar-refractivity contribution < 1.29 is 5.11 Å². The molecule has 144 valence electrons. The van der Waals surface area contributed by atoms with Gasteiger partial charge in [0.25, 0.3) is 0 Å². The molecule has 0 saturated heterocycles. The van der Waals surface area contributed by atoms with Gasteiger partial charge in [0.15, 0.2) is 0 Å². The molecule has 0 spiro atoms. The van der Waals surface area contributed by atoms with Gasteiger partial charge < -0.3 is 10.0 Å². The molecule has 0 radical (unpaired) electrons. The first kappa shape index (κ1) is 18.5. The predicted molar refractivity (Wildman–Crippen MR) is 111 cm³/mol. The molecule has 1 N–H and O–H groups in total. The van der Waals surface area contributed by atoms with E-state index in [2.05, 4.69) is 47.1 Å². The van der Waals surface area contributed by atoms with E-state index in [4.69, 9.17) is 0 Å². The molecule has 3 nitrogen and oxygen atoms in total. The largest absolute Gasteiger partial charge is 0.508 e. The molecule has 27 heavy (non-hydrogen) atoms. The number of hydrogen-bond donors (Lipinski definition) is 1. The molecule has 4 rings (SSSR count). The van der Waals surface area contributed by atoms with E-state index in [1.165, 1.54) is 61.2 Å². The van der Waals surface area contributed by atoms with Crippen LogP contribution in [0.3, 0.4) is 0 Å². The predicted octanol–water partition coefficient (Wildman–Crippen LogP) is 4.37. The van der Waals surface area contributed by atoms with Gasteiger partial charge in [-0.2, -0.15) is 0 Å². The lowest BCUT2D eigenvalue weighted by molar-refractivity contribution is 0.164. The molecule has 3 heteroatoms. The van der Waals surface area contributed by atoms with E-state index in [1.807, 2.05) is 12.1 Å². The summed E-state index contributed by atoms with van der Waals surface area (Å²) in [5.41, 5.74) is 5.54. The standard InChI is InChI=1S/C24H32N2O/c1-2-13-26(22-11-12-23-19(16-22)9-5-10-24(23)27)15-6-14-25-17-20-7-3-4-8-21(20)18-25/h3-5,7-10,22,27H,2,6,11-18H2,1H3. The second kappa shape index (κ2) is 8.45. The van der Waals surface area contributed by atoms with Crippen LogP contribution in [0.15, 0.2) is 42.5 Å². The zero-order valence-electron chi connectivity index (χ0n) is 16.5. The van der Waals surface area contributed by atoms with Gasteiger partial charge in [-0.25, -0.2) is 0 Å². The number of phenolic OH excluding ortho intramolecular Hbond substituents is 1. The summed E-state index contributed by atoms with van der Waals surface area (Å²) in [6.07, 6.45) is 5.70. The summed E-state index contributed by atoms with van der Waals surface area (Å²) in [6.45, 7) is 8.05. The number of phenols is 1. The maximum Gasteiger partial charge on any atom is 0.119 e. The third-order valence-electron chi connectivity index (χ3n) is 6.28. The second-order valence-corrected chi connectivity index (χ2v) is 8.18. The van der Waals surface area contributed by atoms with Gasteiger partial charge in [-0.3, -0.25) is 4.90 Å². The molecule has 1 heterocycles. The van der Waals surface area contributed by atoms with Crippen molar-refractivity contribution in [3.05, 3.63) is 64.7 Å². The Morgan fingerprint density at radius 1 is 1.00 bits per heavy atom. The fourth-order valence-corrected chi connectivity index (χ4v) is 4.90. The number of hydrogen-bond acceptors (Lipinski definition) is 3. The van der Waals surface area contributed by atoms with Gasteiger partial charge in [-0.15, -0.1) is 0 Å². The molecule has 2 aromatic rings. The Kier molecular flexibility index (Phi) is 5.80. The van der Waals surface area contributed by atoms with Crippen molar-refractivity contribution in [2.45, 2.75) is 58.2 Å². The SMILES string of the molecule is CCCN(CCCN1Cc2ccccc2C1)C1CCc2c(O)cccc2C1. The average Bonchev–Trinajstić information content (AvgIpc) is 3.10. The van der Waals surface area contributed by atoms with Gasteiger partial charge >= 0.3 is 0 Å². The highest BCUT2D eigenvalue weighted by Gasteiger charge is 2.25. The molecule has 0 saturated carbocycles. The van der Waals surface area contributed by atoms with Crippen LogP contribution in [0, 0.1) is 0 Å². The van der Waals surface area contributed by atoms with Crippen molar-refractivity contribution in [2.75, 3.05) is 19.6 Å². The minimum atomic E-state index is 0.488. The Morgan fingerprint density at radius 3 is 2.48 bits per heavy atom. The molecule has 0 fully saturated rings. The molecule has 1 unspecified atom stereocenters. The van der Waals surface area contributed by atoms with Crippen molar-refractivity contribution in [1.82, 2.24) is 9.80 Å². The highest BCUT2D eigenvalue weighted by Crippen LogP contribution is 2.31. The minimum Gasteiger partial charge on any atom is -0.508 e. The van der Waals surface area contributed by atoms with Gasteiger partial charge in [0, 0.05) is 25.7 Å². The van der Waals surface area contributed by atoms with E-state index < -0.39 is 0 Å². The highest BCUT2D eigenvalue weighted by molar-refractivity contribution is 5.41. The third kappa shape index (κ3) is 4.20. The summed E-state index contributed by atoms with van der Waals surface area (Å²) in [5, 5.41) is 10.1. The minimum absolute atomic E-state index is 0.488. The van der Waals surface area contributed by atoms with E-state index in [-0.39, 0.29) is 0 Å². The van der Waals surface area contributed by atoms with Crippen LogP contribution >= 0.6 is 0 Å². The summed E-state index contributed by atoms with van der Waals surface area (Å²) in [6, 6.07) is 15.5. The molecule has 2 aliphatic rings. The summed E-state index contributed by atoms with van der Waals surface area (Å²) >= 11 is 0.